The normalized spacial score (nSPS) is 15.1. The minimum atomic E-state index is -1.00. The van der Waals surface area contributed by atoms with Crippen molar-refractivity contribution in [1.29, 1.82) is 0 Å². The Morgan fingerprint density at radius 3 is 2.26 bits per heavy atom. The summed E-state index contributed by atoms with van der Waals surface area (Å²) >= 11 is 1.52. The molecule has 0 radical (unpaired) electrons. The Hall–Kier alpha value is -2.87. The Labute approximate surface area is 202 Å². The van der Waals surface area contributed by atoms with E-state index in [2.05, 4.69) is 12.1 Å². The molecule has 178 valence electrons. The lowest BCUT2D eigenvalue weighted by molar-refractivity contribution is -0.139. The maximum absolute atomic E-state index is 14.5. The van der Waals surface area contributed by atoms with Gasteiger partial charge in [-0.2, -0.15) is 0 Å². The zero-order valence-corrected chi connectivity index (χ0v) is 19.8. The summed E-state index contributed by atoms with van der Waals surface area (Å²) in [6, 6.07) is 20.7. The van der Waals surface area contributed by atoms with Crippen LogP contribution in [0, 0.1) is 5.82 Å². The molecule has 4 rings (SSSR count). The molecule has 1 fully saturated rings. The van der Waals surface area contributed by atoms with E-state index in [-0.39, 0.29) is 12.4 Å². The van der Waals surface area contributed by atoms with Crippen molar-refractivity contribution in [3.05, 3.63) is 89.2 Å². The molecule has 0 bridgehead atoms. The first-order valence-corrected chi connectivity index (χ1v) is 11.9. The molecule has 1 N–H and O–H groups in total. The highest BCUT2D eigenvalue weighted by atomic mass is 32.2. The number of hydrogen-bond donors (Lipinski definition) is 1. The van der Waals surface area contributed by atoms with Gasteiger partial charge in [-0.3, -0.25) is 0 Å². The Morgan fingerprint density at radius 2 is 1.65 bits per heavy atom. The topological polar surface area (TPSA) is 65.0 Å². The van der Waals surface area contributed by atoms with Gasteiger partial charge < -0.3 is 19.3 Å². The molecule has 0 aromatic heterocycles. The van der Waals surface area contributed by atoms with Gasteiger partial charge in [-0.15, -0.1) is 0 Å². The van der Waals surface area contributed by atoms with E-state index in [4.69, 9.17) is 19.3 Å². The molecule has 1 aliphatic rings. The van der Waals surface area contributed by atoms with E-state index in [1.54, 1.807) is 31.4 Å². The van der Waals surface area contributed by atoms with E-state index in [1.807, 2.05) is 30.3 Å². The second kappa shape index (κ2) is 11.0. The van der Waals surface area contributed by atoms with Crippen LogP contribution < -0.4 is 4.74 Å². The van der Waals surface area contributed by atoms with Crippen molar-refractivity contribution in [2.45, 2.75) is 34.7 Å². The molecule has 0 aliphatic carbocycles. The lowest BCUT2D eigenvalue weighted by atomic mass is 9.86. The number of carboxylic acid groups (broad SMARTS) is 1. The van der Waals surface area contributed by atoms with Crippen LogP contribution in [0.1, 0.15) is 29.5 Å². The highest BCUT2D eigenvalue weighted by molar-refractivity contribution is 7.99. The van der Waals surface area contributed by atoms with Crippen molar-refractivity contribution in [3.63, 3.8) is 0 Å². The molecule has 34 heavy (non-hydrogen) atoms. The number of halogens is 1. The number of carbonyl (C=O) groups is 1. The molecular weight excluding hydrogens is 455 g/mol. The fourth-order valence-corrected chi connectivity index (χ4v) is 4.99. The Kier molecular flexibility index (Phi) is 7.88. The zero-order chi connectivity index (χ0) is 24.0. The molecular formula is C27H27FO5S. The van der Waals surface area contributed by atoms with Crippen LogP contribution in [0.5, 0.6) is 5.75 Å². The fraction of sp³-hybridized carbons (Fsp3) is 0.296. The van der Waals surface area contributed by atoms with Gasteiger partial charge in [0, 0.05) is 43.0 Å². The SMILES string of the molecule is COC1(c2cc(F)cc(Sc3ccc(Cc4ccc(OCC(=O)O)cc4)cc3)c2)CCOCC1. The summed E-state index contributed by atoms with van der Waals surface area (Å²) in [5, 5.41) is 8.69. The van der Waals surface area contributed by atoms with Crippen LogP contribution in [0.2, 0.25) is 0 Å². The van der Waals surface area contributed by atoms with E-state index >= 15 is 0 Å². The average molecular weight is 483 g/mol. The number of benzene rings is 3. The molecule has 1 saturated heterocycles. The van der Waals surface area contributed by atoms with Crippen LogP contribution >= 0.6 is 11.8 Å². The van der Waals surface area contributed by atoms with E-state index in [0.717, 1.165) is 32.9 Å². The van der Waals surface area contributed by atoms with Crippen LogP contribution in [0.25, 0.3) is 0 Å². The zero-order valence-electron chi connectivity index (χ0n) is 19.0. The Bertz CT molecular complexity index is 1110. The van der Waals surface area contributed by atoms with Gasteiger partial charge in [0.1, 0.15) is 11.6 Å². The van der Waals surface area contributed by atoms with Gasteiger partial charge in [-0.05, 0) is 65.6 Å². The molecule has 3 aromatic rings. The number of rotatable bonds is 9. The molecule has 1 heterocycles. The van der Waals surface area contributed by atoms with E-state index in [9.17, 15) is 9.18 Å². The van der Waals surface area contributed by atoms with E-state index in [1.165, 1.54) is 11.8 Å². The smallest absolute Gasteiger partial charge is 0.341 e. The first-order chi connectivity index (χ1) is 16.5. The Morgan fingerprint density at radius 1 is 1.00 bits per heavy atom. The standard InChI is InChI=1S/C27H27FO5S/c1-31-27(10-12-32-13-11-27)21-15-22(28)17-25(16-21)34-24-8-4-20(5-9-24)14-19-2-6-23(7-3-19)33-18-26(29)30/h2-9,15-17H,10-14,18H2,1H3,(H,29,30). The van der Waals surface area contributed by atoms with Gasteiger partial charge in [-0.1, -0.05) is 36.0 Å². The van der Waals surface area contributed by atoms with Crippen LogP contribution in [0.4, 0.5) is 4.39 Å². The number of methoxy groups -OCH3 is 1. The quantitative estimate of drug-likeness (QED) is 0.423. The third-order valence-electron chi connectivity index (χ3n) is 5.94. The number of hydrogen-bond acceptors (Lipinski definition) is 5. The second-order valence-electron chi connectivity index (χ2n) is 8.24. The van der Waals surface area contributed by atoms with Crippen LogP contribution in [-0.4, -0.2) is 38.0 Å². The van der Waals surface area contributed by atoms with Gasteiger partial charge in [0.05, 0.1) is 5.60 Å². The minimum absolute atomic E-state index is 0.268. The Balaban J connectivity index is 1.42. The van der Waals surface area contributed by atoms with Crippen LogP contribution in [0.3, 0.4) is 0 Å². The van der Waals surface area contributed by atoms with Crippen molar-refractivity contribution < 1.29 is 28.5 Å². The minimum Gasteiger partial charge on any atom is -0.482 e. The molecule has 5 nitrogen and oxygen atoms in total. The highest BCUT2D eigenvalue weighted by Crippen LogP contribution is 2.39. The first-order valence-electron chi connectivity index (χ1n) is 11.1. The summed E-state index contributed by atoms with van der Waals surface area (Å²) in [7, 11) is 1.68. The van der Waals surface area contributed by atoms with Gasteiger partial charge in [0.25, 0.3) is 0 Å². The van der Waals surface area contributed by atoms with E-state index in [0.29, 0.717) is 31.8 Å². The summed E-state index contributed by atoms with van der Waals surface area (Å²) in [5.41, 5.74) is 2.59. The van der Waals surface area contributed by atoms with Gasteiger partial charge in [0.15, 0.2) is 6.61 Å². The first kappa shape index (κ1) is 24.3. The van der Waals surface area contributed by atoms with Gasteiger partial charge >= 0.3 is 5.97 Å². The molecule has 1 aliphatic heterocycles. The molecule has 0 spiro atoms. The van der Waals surface area contributed by atoms with Crippen LogP contribution in [-0.2, 0) is 26.3 Å². The molecule has 0 unspecified atom stereocenters. The largest absolute Gasteiger partial charge is 0.482 e. The molecule has 0 amide bonds. The fourth-order valence-electron chi connectivity index (χ4n) is 4.09. The predicted octanol–water partition coefficient (Wildman–Crippen LogP) is 5.68. The summed E-state index contributed by atoms with van der Waals surface area (Å²) in [6.07, 6.45) is 2.16. The second-order valence-corrected chi connectivity index (χ2v) is 9.38. The number of ether oxygens (including phenoxy) is 3. The van der Waals surface area contributed by atoms with Crippen molar-refractivity contribution in [3.8, 4) is 5.75 Å². The summed E-state index contributed by atoms with van der Waals surface area (Å²) in [5.74, 6) is -0.739. The molecule has 0 saturated carbocycles. The monoisotopic (exact) mass is 482 g/mol. The van der Waals surface area contributed by atoms with Crippen molar-refractivity contribution in [2.75, 3.05) is 26.9 Å². The number of carboxylic acids is 1. The van der Waals surface area contributed by atoms with Gasteiger partial charge in [-0.25, -0.2) is 9.18 Å². The third kappa shape index (κ3) is 6.17. The van der Waals surface area contributed by atoms with E-state index < -0.39 is 11.6 Å². The maximum Gasteiger partial charge on any atom is 0.341 e. The summed E-state index contributed by atoms with van der Waals surface area (Å²) in [4.78, 5) is 12.5. The van der Waals surface area contributed by atoms with Crippen molar-refractivity contribution >= 4 is 17.7 Å². The van der Waals surface area contributed by atoms with Gasteiger partial charge in [0.2, 0.25) is 0 Å². The van der Waals surface area contributed by atoms with Crippen molar-refractivity contribution in [1.82, 2.24) is 0 Å². The third-order valence-corrected chi connectivity index (χ3v) is 6.92. The number of aliphatic carboxylic acids is 1. The summed E-state index contributed by atoms with van der Waals surface area (Å²) < 4.78 is 31.0. The lowest BCUT2D eigenvalue weighted by Gasteiger charge is -2.36. The molecule has 3 aromatic carbocycles. The highest BCUT2D eigenvalue weighted by Gasteiger charge is 2.35. The summed E-state index contributed by atoms with van der Waals surface area (Å²) in [6.45, 7) is 0.852. The predicted molar refractivity (Wildman–Crippen MR) is 128 cm³/mol. The van der Waals surface area contributed by atoms with Crippen molar-refractivity contribution in [2.24, 2.45) is 0 Å². The maximum atomic E-state index is 14.5. The van der Waals surface area contributed by atoms with Crippen LogP contribution in [0.15, 0.2) is 76.5 Å². The molecule has 0 atom stereocenters. The average Bonchev–Trinajstić information content (AvgIpc) is 2.85. The molecule has 7 heteroatoms. The lowest BCUT2D eigenvalue weighted by Crippen LogP contribution is -2.35.